The normalized spacial score (nSPS) is 13.8. The molecule has 1 heterocycles. The van der Waals surface area contributed by atoms with Gasteiger partial charge in [-0.3, -0.25) is 0 Å². The average Bonchev–Trinajstić information content (AvgIpc) is 3.39. The van der Waals surface area contributed by atoms with Crippen LogP contribution in [0.5, 0.6) is 0 Å². The van der Waals surface area contributed by atoms with E-state index in [2.05, 4.69) is 5.10 Å². The smallest absolute Gasteiger partial charge is 0.356 e. The van der Waals surface area contributed by atoms with E-state index in [1.54, 1.807) is 13.0 Å². The lowest BCUT2D eigenvalue weighted by Gasteiger charge is -2.10. The van der Waals surface area contributed by atoms with Crippen molar-refractivity contribution in [2.75, 3.05) is 0 Å². The van der Waals surface area contributed by atoms with Crippen LogP contribution in [-0.2, 0) is 0 Å². The summed E-state index contributed by atoms with van der Waals surface area (Å²) in [5, 5.41) is 13.9. The Morgan fingerprint density at radius 3 is 2.50 bits per heavy atom. The minimum Gasteiger partial charge on any atom is -0.476 e. The van der Waals surface area contributed by atoms with Crippen molar-refractivity contribution >= 4 is 17.6 Å². The van der Waals surface area contributed by atoms with Gasteiger partial charge in [-0.2, -0.15) is 5.10 Å². The van der Waals surface area contributed by atoms with Gasteiger partial charge in [0.2, 0.25) is 0 Å². The molecule has 26 heavy (non-hydrogen) atoms. The average molecular weight is 371 g/mol. The molecule has 0 amide bonds. The van der Waals surface area contributed by atoms with Crippen molar-refractivity contribution in [3.8, 4) is 16.9 Å². The van der Waals surface area contributed by atoms with Crippen molar-refractivity contribution in [3.63, 3.8) is 0 Å². The molecule has 1 aromatic heterocycles. The summed E-state index contributed by atoms with van der Waals surface area (Å²) in [5.74, 6) is -1.09. The molecule has 1 N–H and O–H groups in total. The fourth-order valence-electron chi connectivity index (χ4n) is 3.20. The van der Waals surface area contributed by atoms with Gasteiger partial charge in [-0.05, 0) is 49.4 Å². The van der Waals surface area contributed by atoms with E-state index in [0.717, 1.165) is 5.56 Å². The Balaban J connectivity index is 1.90. The Morgan fingerprint density at radius 2 is 1.92 bits per heavy atom. The highest BCUT2D eigenvalue weighted by Crippen LogP contribution is 2.41. The first-order valence-corrected chi connectivity index (χ1v) is 8.72. The molecule has 0 radical (unpaired) electrons. The topological polar surface area (TPSA) is 55.1 Å². The lowest BCUT2D eigenvalue weighted by molar-refractivity contribution is 0.0689. The van der Waals surface area contributed by atoms with E-state index in [-0.39, 0.29) is 16.4 Å². The summed E-state index contributed by atoms with van der Waals surface area (Å²) in [5.41, 5.74) is 3.18. The predicted molar refractivity (Wildman–Crippen MR) is 97.6 cm³/mol. The number of hydrogen-bond acceptors (Lipinski definition) is 2. The van der Waals surface area contributed by atoms with Gasteiger partial charge >= 0.3 is 5.97 Å². The molecule has 2 aromatic carbocycles. The third kappa shape index (κ3) is 2.88. The van der Waals surface area contributed by atoms with Crippen molar-refractivity contribution in [2.45, 2.75) is 25.7 Å². The Labute approximate surface area is 154 Å². The first kappa shape index (κ1) is 16.8. The van der Waals surface area contributed by atoms with Crippen LogP contribution in [-0.4, -0.2) is 20.9 Å². The number of rotatable bonds is 4. The van der Waals surface area contributed by atoms with Gasteiger partial charge in [0, 0.05) is 16.1 Å². The number of carboxylic acid groups (broad SMARTS) is 1. The number of hydrogen-bond donors (Lipinski definition) is 1. The van der Waals surface area contributed by atoms with Crippen molar-refractivity contribution in [1.82, 2.24) is 9.78 Å². The molecule has 3 aromatic rings. The van der Waals surface area contributed by atoms with E-state index in [0.29, 0.717) is 17.2 Å². The Kier molecular flexibility index (Phi) is 4.04. The molecule has 0 bridgehead atoms. The fourth-order valence-corrected chi connectivity index (χ4v) is 3.35. The molecular weight excluding hydrogens is 355 g/mol. The molecule has 4 rings (SSSR count). The molecule has 0 saturated heterocycles. The highest BCUT2D eigenvalue weighted by atomic mass is 35.5. The summed E-state index contributed by atoms with van der Waals surface area (Å²) in [7, 11) is 0. The summed E-state index contributed by atoms with van der Waals surface area (Å²) < 4.78 is 15.8. The molecule has 0 atom stereocenters. The lowest BCUT2D eigenvalue weighted by Crippen LogP contribution is -2.04. The zero-order valence-corrected chi connectivity index (χ0v) is 14.8. The quantitative estimate of drug-likeness (QED) is 0.685. The molecule has 0 unspecified atom stereocenters. The monoisotopic (exact) mass is 370 g/mol. The van der Waals surface area contributed by atoms with Crippen LogP contribution >= 0.6 is 11.6 Å². The third-order valence-electron chi connectivity index (χ3n) is 4.70. The second kappa shape index (κ2) is 6.25. The number of halogens is 2. The van der Waals surface area contributed by atoms with Gasteiger partial charge in [-0.1, -0.05) is 35.9 Å². The largest absolute Gasteiger partial charge is 0.476 e. The van der Waals surface area contributed by atoms with Gasteiger partial charge in [0.1, 0.15) is 11.5 Å². The zero-order valence-electron chi connectivity index (χ0n) is 14.0. The van der Waals surface area contributed by atoms with Crippen LogP contribution in [0.3, 0.4) is 0 Å². The molecule has 1 aliphatic carbocycles. The summed E-state index contributed by atoms with van der Waals surface area (Å²) in [6.45, 7) is 1.69. The van der Waals surface area contributed by atoms with E-state index in [1.807, 2.05) is 24.3 Å². The SMILES string of the molecule is Cc1c(C(=O)O)nn(-c2ccc(Cl)cc2F)c1-c1ccc(C2CC2)cc1. The summed E-state index contributed by atoms with van der Waals surface area (Å²) in [6.07, 6.45) is 2.41. The standard InChI is InChI=1S/C20H16ClFN2O2/c1-11-18(20(25)26)23-24(17-9-8-15(21)10-16(17)22)19(11)14-6-4-13(5-7-14)12-2-3-12/h4-10,12H,2-3H2,1H3,(H,25,26). The van der Waals surface area contributed by atoms with Gasteiger partial charge in [0.05, 0.1) is 5.69 Å². The number of nitrogens with zero attached hydrogens (tertiary/aromatic N) is 2. The van der Waals surface area contributed by atoms with Crippen LogP contribution in [0.2, 0.25) is 5.02 Å². The lowest BCUT2D eigenvalue weighted by atomic mass is 10.0. The third-order valence-corrected chi connectivity index (χ3v) is 4.93. The fraction of sp³-hybridized carbons (Fsp3) is 0.200. The molecule has 1 saturated carbocycles. The van der Waals surface area contributed by atoms with Crippen molar-refractivity contribution in [2.24, 2.45) is 0 Å². The van der Waals surface area contributed by atoms with Gasteiger partial charge in [0.25, 0.3) is 0 Å². The first-order chi connectivity index (χ1) is 12.5. The zero-order chi connectivity index (χ0) is 18.4. The van der Waals surface area contributed by atoms with Gasteiger partial charge < -0.3 is 5.11 Å². The minimum atomic E-state index is -1.15. The Bertz CT molecular complexity index is 1010. The first-order valence-electron chi connectivity index (χ1n) is 8.34. The molecule has 6 heteroatoms. The summed E-state index contributed by atoms with van der Waals surface area (Å²) in [4.78, 5) is 11.5. The molecule has 0 spiro atoms. The van der Waals surface area contributed by atoms with E-state index in [1.165, 1.54) is 35.2 Å². The second-order valence-electron chi connectivity index (χ2n) is 6.53. The van der Waals surface area contributed by atoms with Crippen LogP contribution in [0.25, 0.3) is 16.9 Å². The molecule has 1 fully saturated rings. The molecule has 1 aliphatic rings. The van der Waals surface area contributed by atoms with E-state index >= 15 is 0 Å². The Morgan fingerprint density at radius 1 is 1.23 bits per heavy atom. The second-order valence-corrected chi connectivity index (χ2v) is 6.97. The van der Waals surface area contributed by atoms with Gasteiger partial charge in [-0.25, -0.2) is 13.9 Å². The van der Waals surface area contributed by atoms with E-state index in [4.69, 9.17) is 11.6 Å². The number of benzene rings is 2. The number of carboxylic acids is 1. The van der Waals surface area contributed by atoms with Crippen molar-refractivity contribution in [1.29, 1.82) is 0 Å². The van der Waals surface area contributed by atoms with Gasteiger partial charge in [0.15, 0.2) is 5.69 Å². The number of aromatic nitrogens is 2. The molecular formula is C20H16ClFN2O2. The molecule has 0 aliphatic heterocycles. The van der Waals surface area contributed by atoms with Crippen LogP contribution < -0.4 is 0 Å². The van der Waals surface area contributed by atoms with Crippen LogP contribution in [0, 0.1) is 12.7 Å². The summed E-state index contributed by atoms with van der Waals surface area (Å²) >= 11 is 5.84. The van der Waals surface area contributed by atoms with Crippen LogP contribution in [0.1, 0.15) is 40.4 Å². The highest BCUT2D eigenvalue weighted by Gasteiger charge is 2.25. The maximum atomic E-state index is 14.5. The highest BCUT2D eigenvalue weighted by molar-refractivity contribution is 6.30. The Hall–Kier alpha value is -2.66. The number of aromatic carboxylic acids is 1. The van der Waals surface area contributed by atoms with Crippen LogP contribution in [0.15, 0.2) is 42.5 Å². The number of carbonyl (C=O) groups is 1. The maximum Gasteiger partial charge on any atom is 0.356 e. The minimum absolute atomic E-state index is 0.0966. The molecule has 4 nitrogen and oxygen atoms in total. The summed E-state index contributed by atoms with van der Waals surface area (Å²) in [6, 6.07) is 12.2. The van der Waals surface area contributed by atoms with Crippen LogP contribution in [0.4, 0.5) is 4.39 Å². The van der Waals surface area contributed by atoms with Crippen molar-refractivity contribution in [3.05, 3.63) is 70.1 Å². The van der Waals surface area contributed by atoms with E-state index in [9.17, 15) is 14.3 Å². The van der Waals surface area contributed by atoms with Crippen molar-refractivity contribution < 1.29 is 14.3 Å². The molecule has 132 valence electrons. The maximum absolute atomic E-state index is 14.5. The van der Waals surface area contributed by atoms with E-state index < -0.39 is 11.8 Å². The van der Waals surface area contributed by atoms with Gasteiger partial charge in [-0.15, -0.1) is 0 Å². The predicted octanol–water partition coefficient (Wildman–Crippen LogP) is 5.22.